The molecule has 0 unspecified atom stereocenters. The topological polar surface area (TPSA) is 88.4 Å². The molecular formula is C13H14N4O3S. The molecule has 0 aliphatic heterocycles. The van der Waals surface area contributed by atoms with Crippen LogP contribution in [-0.4, -0.2) is 34.8 Å². The largest absolute Gasteiger partial charge is 0.383 e. The molecule has 0 aliphatic rings. The highest BCUT2D eigenvalue weighted by atomic mass is 32.1. The van der Waals surface area contributed by atoms with E-state index in [1.165, 1.54) is 28.4 Å². The van der Waals surface area contributed by atoms with E-state index in [1.54, 1.807) is 25.7 Å². The van der Waals surface area contributed by atoms with Crippen molar-refractivity contribution in [3.05, 3.63) is 50.5 Å². The van der Waals surface area contributed by atoms with Gasteiger partial charge in [-0.1, -0.05) is 0 Å². The molecule has 1 aromatic carbocycles. The van der Waals surface area contributed by atoms with Crippen molar-refractivity contribution in [2.75, 3.05) is 19.4 Å². The maximum Gasteiger partial charge on any atom is 0.293 e. The number of nitrogens with zero attached hydrogens (tertiary/aromatic N) is 3. The van der Waals surface area contributed by atoms with Crippen LogP contribution in [0, 0.1) is 10.1 Å². The molecule has 1 N–H and O–H groups in total. The number of benzene rings is 1. The van der Waals surface area contributed by atoms with Gasteiger partial charge in [-0.15, -0.1) is 11.3 Å². The van der Waals surface area contributed by atoms with Crippen LogP contribution in [-0.2, 0) is 6.54 Å². The molecule has 1 aromatic heterocycles. The zero-order valence-corrected chi connectivity index (χ0v) is 12.4. The van der Waals surface area contributed by atoms with Crippen LogP contribution in [0.1, 0.15) is 16.1 Å². The molecule has 0 radical (unpaired) electrons. The molecule has 110 valence electrons. The summed E-state index contributed by atoms with van der Waals surface area (Å²) in [4.78, 5) is 28.4. The summed E-state index contributed by atoms with van der Waals surface area (Å²) < 4.78 is 0. The molecule has 8 heteroatoms. The second kappa shape index (κ2) is 6.31. The van der Waals surface area contributed by atoms with Gasteiger partial charge in [0.05, 0.1) is 22.7 Å². The van der Waals surface area contributed by atoms with Crippen LogP contribution in [0.2, 0.25) is 0 Å². The summed E-state index contributed by atoms with van der Waals surface area (Å²) in [6, 6.07) is 4.38. The predicted molar refractivity (Wildman–Crippen MR) is 80.6 cm³/mol. The van der Waals surface area contributed by atoms with Gasteiger partial charge >= 0.3 is 0 Å². The van der Waals surface area contributed by atoms with Crippen LogP contribution in [0.4, 0.5) is 11.4 Å². The SMILES string of the molecule is CNc1ccc(C(=O)N(C)Cc2cscn2)cc1[N+](=O)[O-]. The van der Waals surface area contributed by atoms with Crippen molar-refractivity contribution in [2.24, 2.45) is 0 Å². The lowest BCUT2D eigenvalue weighted by Crippen LogP contribution is -2.26. The number of thiazole rings is 1. The first-order valence-electron chi connectivity index (χ1n) is 6.11. The van der Waals surface area contributed by atoms with Gasteiger partial charge < -0.3 is 10.2 Å². The van der Waals surface area contributed by atoms with E-state index in [9.17, 15) is 14.9 Å². The number of carbonyl (C=O) groups excluding carboxylic acids is 1. The van der Waals surface area contributed by atoms with Gasteiger partial charge in [0.2, 0.25) is 0 Å². The number of hydrogen-bond acceptors (Lipinski definition) is 6. The molecule has 0 atom stereocenters. The molecule has 2 rings (SSSR count). The number of carbonyl (C=O) groups is 1. The lowest BCUT2D eigenvalue weighted by atomic mass is 10.1. The average molecular weight is 306 g/mol. The number of nitro benzene ring substituents is 1. The summed E-state index contributed by atoms with van der Waals surface area (Å²) in [5, 5.41) is 15.6. The minimum atomic E-state index is -0.511. The smallest absolute Gasteiger partial charge is 0.293 e. The first-order chi connectivity index (χ1) is 10.0. The van der Waals surface area contributed by atoms with E-state index in [1.807, 2.05) is 5.38 Å². The molecule has 1 heterocycles. The number of nitro groups is 1. The van der Waals surface area contributed by atoms with Gasteiger partial charge in [0.1, 0.15) is 5.69 Å². The third-order valence-corrected chi connectivity index (χ3v) is 3.58. The van der Waals surface area contributed by atoms with E-state index in [2.05, 4.69) is 10.3 Å². The van der Waals surface area contributed by atoms with Crippen LogP contribution in [0.25, 0.3) is 0 Å². The minimum Gasteiger partial charge on any atom is -0.383 e. The summed E-state index contributed by atoms with van der Waals surface area (Å²) in [6.07, 6.45) is 0. The Hall–Kier alpha value is -2.48. The van der Waals surface area contributed by atoms with E-state index < -0.39 is 4.92 Å². The first kappa shape index (κ1) is 14.9. The zero-order valence-electron chi connectivity index (χ0n) is 11.6. The van der Waals surface area contributed by atoms with Crippen molar-refractivity contribution in [1.82, 2.24) is 9.88 Å². The fourth-order valence-corrected chi connectivity index (χ4v) is 2.43. The van der Waals surface area contributed by atoms with E-state index in [4.69, 9.17) is 0 Å². The molecule has 0 bridgehead atoms. The van der Waals surface area contributed by atoms with Crippen LogP contribution < -0.4 is 5.32 Å². The summed E-state index contributed by atoms with van der Waals surface area (Å²) in [5.74, 6) is -0.284. The Kier molecular flexibility index (Phi) is 4.49. The highest BCUT2D eigenvalue weighted by Crippen LogP contribution is 2.25. The highest BCUT2D eigenvalue weighted by Gasteiger charge is 2.19. The zero-order chi connectivity index (χ0) is 15.4. The molecule has 0 spiro atoms. The van der Waals surface area contributed by atoms with E-state index in [0.29, 0.717) is 12.2 Å². The van der Waals surface area contributed by atoms with Gasteiger partial charge in [-0.25, -0.2) is 4.98 Å². The fraction of sp³-hybridized carbons (Fsp3) is 0.231. The Labute approximate surface area is 125 Å². The monoisotopic (exact) mass is 306 g/mol. The summed E-state index contributed by atoms with van der Waals surface area (Å²) in [6.45, 7) is 0.365. The van der Waals surface area contributed by atoms with Crippen LogP contribution in [0.3, 0.4) is 0 Å². The average Bonchev–Trinajstić information content (AvgIpc) is 2.98. The van der Waals surface area contributed by atoms with Crippen LogP contribution >= 0.6 is 11.3 Å². The number of amides is 1. The van der Waals surface area contributed by atoms with Gasteiger partial charge in [0.15, 0.2) is 0 Å². The Morgan fingerprint density at radius 2 is 2.29 bits per heavy atom. The second-order valence-electron chi connectivity index (χ2n) is 4.38. The maximum atomic E-state index is 12.3. The van der Waals surface area contributed by atoms with Crippen molar-refractivity contribution in [2.45, 2.75) is 6.54 Å². The molecule has 21 heavy (non-hydrogen) atoms. The number of hydrogen-bond donors (Lipinski definition) is 1. The highest BCUT2D eigenvalue weighted by molar-refractivity contribution is 7.07. The standard InChI is InChI=1S/C13H14N4O3S/c1-14-11-4-3-9(5-12(11)17(19)20)13(18)16(2)6-10-7-21-8-15-10/h3-5,7-8,14H,6H2,1-2H3. The fourth-order valence-electron chi connectivity index (χ4n) is 1.88. The number of rotatable bonds is 5. The van der Waals surface area contributed by atoms with Gasteiger partial charge in [0.25, 0.3) is 11.6 Å². The normalized spacial score (nSPS) is 10.2. The van der Waals surface area contributed by atoms with Gasteiger partial charge in [-0.3, -0.25) is 14.9 Å². The van der Waals surface area contributed by atoms with Gasteiger partial charge in [-0.05, 0) is 12.1 Å². The van der Waals surface area contributed by atoms with Crippen molar-refractivity contribution in [3.8, 4) is 0 Å². The molecular weight excluding hydrogens is 292 g/mol. The van der Waals surface area contributed by atoms with Crippen molar-refractivity contribution >= 4 is 28.6 Å². The summed E-state index contributed by atoms with van der Waals surface area (Å²) >= 11 is 1.45. The van der Waals surface area contributed by atoms with Crippen LogP contribution in [0.5, 0.6) is 0 Å². The Morgan fingerprint density at radius 3 is 2.86 bits per heavy atom. The quantitative estimate of drug-likeness (QED) is 0.676. The van der Waals surface area contributed by atoms with Gasteiger partial charge in [0, 0.05) is 31.1 Å². The number of nitrogens with one attached hydrogen (secondary N) is 1. The second-order valence-corrected chi connectivity index (χ2v) is 5.10. The van der Waals surface area contributed by atoms with Crippen molar-refractivity contribution in [1.29, 1.82) is 0 Å². The Balaban J connectivity index is 2.22. The van der Waals surface area contributed by atoms with Crippen LogP contribution in [0.15, 0.2) is 29.1 Å². The maximum absolute atomic E-state index is 12.3. The minimum absolute atomic E-state index is 0.120. The van der Waals surface area contributed by atoms with E-state index in [0.717, 1.165) is 5.69 Å². The first-order valence-corrected chi connectivity index (χ1v) is 7.06. The van der Waals surface area contributed by atoms with E-state index in [-0.39, 0.29) is 17.2 Å². The van der Waals surface area contributed by atoms with Crippen molar-refractivity contribution in [3.63, 3.8) is 0 Å². The predicted octanol–water partition coefficient (Wildman–Crippen LogP) is 2.37. The molecule has 0 fully saturated rings. The molecule has 0 saturated carbocycles. The van der Waals surface area contributed by atoms with E-state index >= 15 is 0 Å². The third-order valence-electron chi connectivity index (χ3n) is 2.94. The Morgan fingerprint density at radius 1 is 1.52 bits per heavy atom. The molecule has 0 saturated heterocycles. The molecule has 2 aromatic rings. The summed E-state index contributed by atoms with van der Waals surface area (Å²) in [7, 11) is 3.23. The molecule has 1 amide bonds. The third kappa shape index (κ3) is 3.34. The molecule has 0 aliphatic carbocycles. The van der Waals surface area contributed by atoms with Gasteiger partial charge in [-0.2, -0.15) is 0 Å². The number of aromatic nitrogens is 1. The summed E-state index contributed by atoms with van der Waals surface area (Å²) in [5.41, 5.74) is 3.01. The lowest BCUT2D eigenvalue weighted by molar-refractivity contribution is -0.384. The number of anilines is 1. The molecule has 7 nitrogen and oxygen atoms in total. The lowest BCUT2D eigenvalue weighted by Gasteiger charge is -2.16. The Bertz CT molecular complexity index is 657. The van der Waals surface area contributed by atoms with Crippen molar-refractivity contribution < 1.29 is 9.72 Å².